The summed E-state index contributed by atoms with van der Waals surface area (Å²) in [7, 11) is 0. The summed E-state index contributed by atoms with van der Waals surface area (Å²) in [5.41, 5.74) is 0. The van der Waals surface area contributed by atoms with E-state index in [4.69, 9.17) is 14.2 Å². The lowest BCUT2D eigenvalue weighted by Crippen LogP contribution is -2.30. The zero-order valence-electron chi connectivity index (χ0n) is 39.8. The van der Waals surface area contributed by atoms with Crippen LogP contribution in [0.2, 0.25) is 0 Å². The third kappa shape index (κ3) is 45.5. The van der Waals surface area contributed by atoms with Gasteiger partial charge in [0.25, 0.3) is 0 Å². The smallest absolute Gasteiger partial charge is 0.306 e. The Bertz CT molecular complexity index is 898. The van der Waals surface area contributed by atoms with Gasteiger partial charge in [-0.2, -0.15) is 0 Å². The number of carbonyl (C=O) groups is 3. The molecule has 0 saturated heterocycles. The monoisotopic (exact) mass is 821 g/mol. The van der Waals surface area contributed by atoms with Crippen LogP contribution in [-0.2, 0) is 28.6 Å². The van der Waals surface area contributed by atoms with Crippen LogP contribution in [0, 0.1) is 17.8 Å². The Morgan fingerprint density at radius 2 is 0.500 bits per heavy atom. The highest BCUT2D eigenvalue weighted by Crippen LogP contribution is 2.17. The zero-order valence-corrected chi connectivity index (χ0v) is 39.8. The van der Waals surface area contributed by atoms with Crippen molar-refractivity contribution in [1.82, 2.24) is 0 Å². The summed E-state index contributed by atoms with van der Waals surface area (Å²) in [6.07, 6.45) is 42.3. The van der Waals surface area contributed by atoms with Gasteiger partial charge in [-0.15, -0.1) is 0 Å². The Hall–Kier alpha value is -1.59. The quantitative estimate of drug-likeness (QED) is 0.0346. The van der Waals surface area contributed by atoms with Crippen LogP contribution in [0.25, 0.3) is 0 Å². The standard InChI is InChI=1S/C52H100O6/c1-46(2)38-32-26-20-14-9-7-8-10-17-23-29-35-41-50(53)56-44-49(45-57-51(54)42-36-30-24-19-13-16-22-28-34-40-48(5)6)58-52(55)43-37-31-25-18-12-11-15-21-27-33-39-47(3)4/h46-49H,7-45H2,1-6H3/t49-/m1/s1. The van der Waals surface area contributed by atoms with E-state index in [1.807, 2.05) is 0 Å². The molecule has 0 aromatic rings. The fourth-order valence-corrected chi connectivity index (χ4v) is 7.76. The summed E-state index contributed by atoms with van der Waals surface area (Å²) in [6.45, 7) is 13.7. The molecule has 0 spiro atoms. The number of carbonyl (C=O) groups excluding carboxylic acids is 3. The third-order valence-electron chi connectivity index (χ3n) is 11.6. The molecule has 0 saturated carbocycles. The molecule has 0 N–H and O–H groups in total. The van der Waals surface area contributed by atoms with Gasteiger partial charge in [-0.25, -0.2) is 0 Å². The molecule has 0 aliphatic heterocycles. The van der Waals surface area contributed by atoms with E-state index in [1.54, 1.807) is 0 Å². The maximum absolute atomic E-state index is 12.8. The third-order valence-corrected chi connectivity index (χ3v) is 11.6. The average molecular weight is 821 g/mol. The highest BCUT2D eigenvalue weighted by atomic mass is 16.6. The van der Waals surface area contributed by atoms with E-state index in [0.717, 1.165) is 75.5 Å². The summed E-state index contributed by atoms with van der Waals surface area (Å²) in [4.78, 5) is 37.9. The number of ether oxygens (including phenoxy) is 3. The van der Waals surface area contributed by atoms with Crippen molar-refractivity contribution in [2.75, 3.05) is 13.2 Å². The molecule has 344 valence electrons. The van der Waals surface area contributed by atoms with Gasteiger partial charge in [-0.3, -0.25) is 14.4 Å². The lowest BCUT2D eigenvalue weighted by Gasteiger charge is -2.18. The number of hydrogen-bond acceptors (Lipinski definition) is 6. The molecule has 6 heteroatoms. The Labute approximate surface area is 361 Å². The molecule has 0 aromatic carbocycles. The lowest BCUT2D eigenvalue weighted by atomic mass is 10.0. The molecule has 0 heterocycles. The summed E-state index contributed by atoms with van der Waals surface area (Å²) in [6, 6.07) is 0. The van der Waals surface area contributed by atoms with Gasteiger partial charge in [0.05, 0.1) is 0 Å². The molecule has 0 aromatic heterocycles. The first-order chi connectivity index (χ1) is 28.1. The van der Waals surface area contributed by atoms with Crippen LogP contribution in [0.4, 0.5) is 0 Å². The van der Waals surface area contributed by atoms with Gasteiger partial charge in [-0.05, 0) is 37.0 Å². The molecule has 0 rings (SSSR count). The molecule has 0 unspecified atom stereocenters. The highest BCUT2D eigenvalue weighted by Gasteiger charge is 2.19. The van der Waals surface area contributed by atoms with Crippen molar-refractivity contribution in [2.45, 2.75) is 285 Å². The molecule has 0 fully saturated rings. The van der Waals surface area contributed by atoms with Crippen molar-refractivity contribution >= 4 is 17.9 Å². The van der Waals surface area contributed by atoms with E-state index in [0.29, 0.717) is 19.3 Å². The Kier molecular flexibility index (Phi) is 42.3. The van der Waals surface area contributed by atoms with Crippen LogP contribution in [0.5, 0.6) is 0 Å². The van der Waals surface area contributed by atoms with Gasteiger partial charge in [0.2, 0.25) is 0 Å². The number of rotatable bonds is 45. The van der Waals surface area contributed by atoms with Gasteiger partial charge in [0.1, 0.15) is 13.2 Å². The van der Waals surface area contributed by atoms with Gasteiger partial charge >= 0.3 is 17.9 Å². The van der Waals surface area contributed by atoms with Gasteiger partial charge in [0.15, 0.2) is 6.10 Å². The van der Waals surface area contributed by atoms with Crippen LogP contribution in [0.1, 0.15) is 279 Å². The maximum atomic E-state index is 12.8. The Morgan fingerprint density at radius 1 is 0.293 bits per heavy atom. The SMILES string of the molecule is CC(C)CCCCCCCCCCCCCCC(=O)OC[C@H](COC(=O)CCCCCCCCCCCC(C)C)OC(=O)CCCCCCCCCCCCC(C)C. The maximum Gasteiger partial charge on any atom is 0.306 e. The average Bonchev–Trinajstić information content (AvgIpc) is 3.18. The van der Waals surface area contributed by atoms with Crippen LogP contribution < -0.4 is 0 Å². The predicted molar refractivity (Wildman–Crippen MR) is 247 cm³/mol. The molecule has 0 bridgehead atoms. The molecule has 0 aliphatic rings. The zero-order chi connectivity index (χ0) is 42.7. The Balaban J connectivity index is 4.32. The van der Waals surface area contributed by atoms with Crippen LogP contribution in [0.3, 0.4) is 0 Å². The summed E-state index contributed by atoms with van der Waals surface area (Å²) >= 11 is 0. The van der Waals surface area contributed by atoms with E-state index in [-0.39, 0.29) is 31.1 Å². The van der Waals surface area contributed by atoms with Crippen molar-refractivity contribution in [3.8, 4) is 0 Å². The first-order valence-electron chi connectivity index (χ1n) is 25.6. The predicted octanol–water partition coefficient (Wildman–Crippen LogP) is 16.4. The first-order valence-corrected chi connectivity index (χ1v) is 25.6. The van der Waals surface area contributed by atoms with E-state index >= 15 is 0 Å². The lowest BCUT2D eigenvalue weighted by molar-refractivity contribution is -0.167. The second-order valence-electron chi connectivity index (χ2n) is 19.2. The summed E-state index contributed by atoms with van der Waals surface area (Å²) < 4.78 is 16.8. The Morgan fingerprint density at radius 3 is 0.741 bits per heavy atom. The first kappa shape index (κ1) is 56.4. The van der Waals surface area contributed by atoms with E-state index in [1.165, 1.54) is 161 Å². The molecule has 1 atom stereocenters. The van der Waals surface area contributed by atoms with E-state index in [2.05, 4.69) is 41.5 Å². The van der Waals surface area contributed by atoms with Gasteiger partial charge in [-0.1, -0.05) is 241 Å². The number of hydrogen-bond donors (Lipinski definition) is 0. The van der Waals surface area contributed by atoms with Gasteiger partial charge < -0.3 is 14.2 Å². The van der Waals surface area contributed by atoms with Gasteiger partial charge in [0, 0.05) is 19.3 Å². The second kappa shape index (κ2) is 43.5. The van der Waals surface area contributed by atoms with Crippen LogP contribution in [0.15, 0.2) is 0 Å². The minimum Gasteiger partial charge on any atom is -0.462 e. The van der Waals surface area contributed by atoms with Crippen molar-refractivity contribution < 1.29 is 28.6 Å². The molecule has 0 radical (unpaired) electrons. The van der Waals surface area contributed by atoms with Crippen molar-refractivity contribution in [3.63, 3.8) is 0 Å². The van der Waals surface area contributed by atoms with E-state index < -0.39 is 6.10 Å². The number of esters is 3. The van der Waals surface area contributed by atoms with Crippen LogP contribution >= 0.6 is 0 Å². The summed E-state index contributed by atoms with van der Waals surface area (Å²) in [5, 5.41) is 0. The largest absolute Gasteiger partial charge is 0.462 e. The topological polar surface area (TPSA) is 78.9 Å². The summed E-state index contributed by atoms with van der Waals surface area (Å²) in [5.74, 6) is 1.60. The van der Waals surface area contributed by atoms with E-state index in [9.17, 15) is 14.4 Å². The van der Waals surface area contributed by atoms with Crippen molar-refractivity contribution in [2.24, 2.45) is 17.8 Å². The highest BCUT2D eigenvalue weighted by molar-refractivity contribution is 5.71. The molecular formula is C52H100O6. The molecule has 58 heavy (non-hydrogen) atoms. The second-order valence-corrected chi connectivity index (χ2v) is 19.2. The van der Waals surface area contributed by atoms with Crippen molar-refractivity contribution in [3.05, 3.63) is 0 Å². The molecule has 6 nitrogen and oxygen atoms in total. The van der Waals surface area contributed by atoms with Crippen LogP contribution in [-0.4, -0.2) is 37.2 Å². The fourth-order valence-electron chi connectivity index (χ4n) is 7.76. The minimum atomic E-state index is -0.762. The van der Waals surface area contributed by atoms with Crippen molar-refractivity contribution in [1.29, 1.82) is 0 Å². The normalized spacial score (nSPS) is 12.2. The molecule has 0 amide bonds. The molecular weight excluding hydrogens is 721 g/mol. The minimum absolute atomic E-state index is 0.0650. The number of unbranched alkanes of at least 4 members (excludes halogenated alkanes) is 28. The molecule has 0 aliphatic carbocycles. The fraction of sp³-hybridized carbons (Fsp3) is 0.942.